The number of alkyl halides is 3. The summed E-state index contributed by atoms with van der Waals surface area (Å²) in [6, 6.07) is 3.25. The van der Waals surface area contributed by atoms with Crippen molar-refractivity contribution in [3.8, 4) is 0 Å². The molecule has 1 heterocycles. The predicted molar refractivity (Wildman–Crippen MR) is 64.1 cm³/mol. The Bertz CT molecular complexity index is 484. The van der Waals surface area contributed by atoms with Crippen LogP contribution in [0.5, 0.6) is 0 Å². The molecule has 1 atom stereocenters. The van der Waals surface area contributed by atoms with Gasteiger partial charge in [-0.05, 0) is 31.0 Å². The molecule has 104 valence electrons. The van der Waals surface area contributed by atoms with Crippen LogP contribution in [0.4, 0.5) is 18.9 Å². The second-order valence-electron chi connectivity index (χ2n) is 4.18. The molecule has 1 fully saturated rings. The molecule has 1 amide bonds. The first-order valence-corrected chi connectivity index (χ1v) is 6.05. The minimum absolute atomic E-state index is 0.0530. The lowest BCUT2D eigenvalue weighted by molar-refractivity contribution is -0.137. The Hall–Kier alpha value is -1.27. The van der Waals surface area contributed by atoms with Crippen LogP contribution < -0.4 is 5.32 Å². The van der Waals surface area contributed by atoms with Crippen molar-refractivity contribution in [1.82, 2.24) is 0 Å². The highest BCUT2D eigenvalue weighted by molar-refractivity contribution is 6.31. The van der Waals surface area contributed by atoms with E-state index in [1.165, 1.54) is 6.07 Å². The Labute approximate surface area is 112 Å². The van der Waals surface area contributed by atoms with Crippen molar-refractivity contribution in [2.45, 2.75) is 25.1 Å². The van der Waals surface area contributed by atoms with Gasteiger partial charge >= 0.3 is 6.18 Å². The van der Waals surface area contributed by atoms with E-state index in [2.05, 4.69) is 5.32 Å². The third-order valence-electron chi connectivity index (χ3n) is 2.76. The highest BCUT2D eigenvalue weighted by Crippen LogP contribution is 2.36. The van der Waals surface area contributed by atoms with Crippen LogP contribution in [0.2, 0.25) is 5.02 Å². The van der Waals surface area contributed by atoms with E-state index >= 15 is 0 Å². The molecule has 1 aliphatic heterocycles. The molecule has 0 spiro atoms. The van der Waals surface area contributed by atoms with Crippen molar-refractivity contribution in [2.24, 2.45) is 0 Å². The van der Waals surface area contributed by atoms with E-state index in [1.54, 1.807) is 0 Å². The van der Waals surface area contributed by atoms with Gasteiger partial charge in [0.1, 0.15) is 6.10 Å². The summed E-state index contributed by atoms with van der Waals surface area (Å²) in [6.45, 7) is 0.493. The average Bonchev–Trinajstić information content (AvgIpc) is 2.83. The monoisotopic (exact) mass is 293 g/mol. The van der Waals surface area contributed by atoms with E-state index in [0.717, 1.165) is 18.6 Å². The van der Waals surface area contributed by atoms with Crippen molar-refractivity contribution in [3.63, 3.8) is 0 Å². The first kappa shape index (κ1) is 14.1. The molecule has 2 rings (SSSR count). The van der Waals surface area contributed by atoms with Gasteiger partial charge in [0.15, 0.2) is 0 Å². The Kier molecular flexibility index (Phi) is 4.01. The maximum Gasteiger partial charge on any atom is 0.417 e. The van der Waals surface area contributed by atoms with Crippen LogP contribution in [0.15, 0.2) is 18.2 Å². The standard InChI is InChI=1S/C12H11ClF3NO2/c13-9-4-3-7(6-8(9)12(14,15)16)17-11(18)10-2-1-5-19-10/h3-4,6,10H,1-2,5H2,(H,17,18). The first-order valence-electron chi connectivity index (χ1n) is 5.67. The minimum atomic E-state index is -4.55. The second-order valence-corrected chi connectivity index (χ2v) is 4.59. The van der Waals surface area contributed by atoms with E-state index in [9.17, 15) is 18.0 Å². The number of benzene rings is 1. The molecule has 0 aliphatic carbocycles. The van der Waals surface area contributed by atoms with Crippen LogP contribution >= 0.6 is 11.6 Å². The van der Waals surface area contributed by atoms with Gasteiger partial charge in [-0.2, -0.15) is 13.2 Å². The van der Waals surface area contributed by atoms with Crippen LogP contribution in [0, 0.1) is 0 Å². The predicted octanol–water partition coefficient (Wildman–Crippen LogP) is 3.48. The van der Waals surface area contributed by atoms with Crippen molar-refractivity contribution in [1.29, 1.82) is 0 Å². The number of anilines is 1. The summed E-state index contributed by atoms with van der Waals surface area (Å²) in [4.78, 5) is 11.7. The highest BCUT2D eigenvalue weighted by Gasteiger charge is 2.33. The Morgan fingerprint density at radius 2 is 2.16 bits per heavy atom. The van der Waals surface area contributed by atoms with Crippen molar-refractivity contribution < 1.29 is 22.7 Å². The summed E-state index contributed by atoms with van der Waals surface area (Å²) in [6.07, 6.45) is -3.80. The number of nitrogens with one attached hydrogen (secondary N) is 1. The number of hydrogen-bond acceptors (Lipinski definition) is 2. The van der Waals surface area contributed by atoms with E-state index in [-0.39, 0.29) is 5.69 Å². The van der Waals surface area contributed by atoms with Gasteiger partial charge in [0.2, 0.25) is 0 Å². The molecule has 1 unspecified atom stereocenters. The van der Waals surface area contributed by atoms with E-state index < -0.39 is 28.8 Å². The van der Waals surface area contributed by atoms with Gasteiger partial charge in [-0.15, -0.1) is 0 Å². The molecule has 1 N–H and O–H groups in total. The molecule has 1 aromatic carbocycles. The fraction of sp³-hybridized carbons (Fsp3) is 0.417. The molecule has 0 radical (unpaired) electrons. The summed E-state index contributed by atoms with van der Waals surface area (Å²) >= 11 is 5.49. The van der Waals surface area contributed by atoms with Crippen molar-refractivity contribution in [3.05, 3.63) is 28.8 Å². The van der Waals surface area contributed by atoms with Crippen molar-refractivity contribution >= 4 is 23.2 Å². The van der Waals surface area contributed by atoms with Crippen LogP contribution in [-0.4, -0.2) is 18.6 Å². The normalized spacial score (nSPS) is 19.5. The summed E-state index contributed by atoms with van der Waals surface area (Å²) in [5, 5.41) is 2.00. The van der Waals surface area contributed by atoms with Gasteiger partial charge in [-0.1, -0.05) is 11.6 Å². The summed E-state index contributed by atoms with van der Waals surface area (Å²) in [5.74, 6) is -0.437. The molecule has 3 nitrogen and oxygen atoms in total. The maximum absolute atomic E-state index is 12.6. The third-order valence-corrected chi connectivity index (χ3v) is 3.09. The zero-order valence-electron chi connectivity index (χ0n) is 9.76. The molecule has 0 aromatic heterocycles. The number of carbonyl (C=O) groups excluding carboxylic acids is 1. The molecule has 7 heteroatoms. The van der Waals surface area contributed by atoms with E-state index in [0.29, 0.717) is 13.0 Å². The fourth-order valence-corrected chi connectivity index (χ4v) is 2.05. The van der Waals surface area contributed by atoms with Crippen LogP contribution in [0.3, 0.4) is 0 Å². The first-order chi connectivity index (χ1) is 8.88. The lowest BCUT2D eigenvalue weighted by atomic mass is 10.1. The van der Waals surface area contributed by atoms with Crippen LogP contribution in [-0.2, 0) is 15.7 Å². The second kappa shape index (κ2) is 5.38. The number of hydrogen-bond donors (Lipinski definition) is 1. The van der Waals surface area contributed by atoms with Gasteiger partial charge in [-0.3, -0.25) is 4.79 Å². The molecule has 1 saturated heterocycles. The smallest absolute Gasteiger partial charge is 0.368 e. The fourth-order valence-electron chi connectivity index (χ4n) is 1.83. The van der Waals surface area contributed by atoms with Crippen LogP contribution in [0.25, 0.3) is 0 Å². The maximum atomic E-state index is 12.6. The number of ether oxygens (including phenoxy) is 1. The van der Waals surface area contributed by atoms with Gasteiger partial charge in [-0.25, -0.2) is 0 Å². The Morgan fingerprint density at radius 1 is 1.42 bits per heavy atom. The molecular formula is C12H11ClF3NO2. The van der Waals surface area contributed by atoms with Gasteiger partial charge in [0.25, 0.3) is 5.91 Å². The summed E-state index contributed by atoms with van der Waals surface area (Å²) in [7, 11) is 0. The van der Waals surface area contributed by atoms with Crippen molar-refractivity contribution in [2.75, 3.05) is 11.9 Å². The van der Waals surface area contributed by atoms with Gasteiger partial charge in [0, 0.05) is 12.3 Å². The number of carbonyl (C=O) groups is 1. The molecular weight excluding hydrogens is 283 g/mol. The SMILES string of the molecule is O=C(Nc1ccc(Cl)c(C(F)(F)F)c1)C1CCCO1. The molecule has 1 aromatic rings. The largest absolute Gasteiger partial charge is 0.417 e. The number of halogens is 4. The number of rotatable bonds is 2. The van der Waals surface area contributed by atoms with Crippen LogP contribution in [0.1, 0.15) is 18.4 Å². The Balaban J connectivity index is 2.15. The van der Waals surface area contributed by atoms with E-state index in [4.69, 9.17) is 16.3 Å². The zero-order valence-corrected chi connectivity index (χ0v) is 10.5. The molecule has 1 aliphatic rings. The summed E-state index contributed by atoms with van der Waals surface area (Å²) < 4.78 is 43.1. The quantitative estimate of drug-likeness (QED) is 0.906. The topological polar surface area (TPSA) is 38.3 Å². The highest BCUT2D eigenvalue weighted by atomic mass is 35.5. The lowest BCUT2D eigenvalue weighted by Gasteiger charge is -2.13. The molecule has 0 bridgehead atoms. The summed E-state index contributed by atoms with van der Waals surface area (Å²) in [5.41, 5.74) is -0.920. The minimum Gasteiger partial charge on any atom is -0.368 e. The molecule has 19 heavy (non-hydrogen) atoms. The Morgan fingerprint density at radius 3 is 2.74 bits per heavy atom. The van der Waals surface area contributed by atoms with Gasteiger partial charge in [0.05, 0.1) is 10.6 Å². The van der Waals surface area contributed by atoms with E-state index in [1.807, 2.05) is 0 Å². The molecule has 0 saturated carbocycles. The average molecular weight is 294 g/mol. The van der Waals surface area contributed by atoms with Gasteiger partial charge < -0.3 is 10.1 Å². The lowest BCUT2D eigenvalue weighted by Crippen LogP contribution is -2.27. The number of amides is 1. The zero-order chi connectivity index (χ0) is 14.0. The third kappa shape index (κ3) is 3.39.